The maximum absolute atomic E-state index is 12.8. The first-order chi connectivity index (χ1) is 14.7. The predicted octanol–water partition coefficient (Wildman–Crippen LogP) is 3.18. The summed E-state index contributed by atoms with van der Waals surface area (Å²) in [6.45, 7) is 2.34. The van der Waals surface area contributed by atoms with E-state index in [1.165, 1.54) is 5.56 Å². The van der Waals surface area contributed by atoms with Gasteiger partial charge in [-0.05, 0) is 48.7 Å². The minimum atomic E-state index is 0.0122. The zero-order valence-electron chi connectivity index (χ0n) is 17.0. The number of aryl methyl sites for hydroxylation is 1. The molecule has 0 N–H and O–H groups in total. The molecular weight excluding hydrogens is 376 g/mol. The number of amides is 2. The molecule has 6 nitrogen and oxygen atoms in total. The number of rotatable bonds is 6. The molecule has 0 spiro atoms. The van der Waals surface area contributed by atoms with Gasteiger partial charge >= 0.3 is 0 Å². The van der Waals surface area contributed by atoms with Crippen LogP contribution in [0.5, 0.6) is 0 Å². The average molecular weight is 402 g/mol. The standard InChI is InChI=1S/C24H26N4O2/c29-23(9-4-8-20-6-2-1-3-7-20)26-16-18-27(19-17-26)24(30)21-10-12-22(13-11-21)28-15-5-14-25-28/h1-3,5-7,10-15H,4,8-9,16-19H2. The molecule has 0 atom stereocenters. The first-order valence-electron chi connectivity index (χ1n) is 10.4. The Balaban J connectivity index is 1.24. The van der Waals surface area contributed by atoms with E-state index < -0.39 is 0 Å². The molecule has 0 unspecified atom stereocenters. The molecule has 30 heavy (non-hydrogen) atoms. The molecule has 0 aliphatic carbocycles. The Labute approximate surface area is 176 Å². The van der Waals surface area contributed by atoms with E-state index in [-0.39, 0.29) is 11.8 Å². The number of carbonyl (C=O) groups is 2. The molecule has 1 saturated heterocycles. The van der Waals surface area contributed by atoms with E-state index in [2.05, 4.69) is 17.2 Å². The van der Waals surface area contributed by atoms with Crippen molar-refractivity contribution in [2.45, 2.75) is 19.3 Å². The van der Waals surface area contributed by atoms with E-state index in [0.29, 0.717) is 38.2 Å². The summed E-state index contributed by atoms with van der Waals surface area (Å²) in [5, 5.41) is 4.20. The van der Waals surface area contributed by atoms with Gasteiger partial charge in [0.15, 0.2) is 0 Å². The second-order valence-corrected chi connectivity index (χ2v) is 7.51. The Kier molecular flexibility index (Phi) is 6.23. The number of nitrogens with zero attached hydrogens (tertiary/aromatic N) is 4. The van der Waals surface area contributed by atoms with Crippen molar-refractivity contribution in [3.05, 3.63) is 84.2 Å². The summed E-state index contributed by atoms with van der Waals surface area (Å²) in [5.74, 6) is 0.194. The van der Waals surface area contributed by atoms with Crippen LogP contribution in [0.15, 0.2) is 73.1 Å². The fraction of sp³-hybridized carbons (Fsp3) is 0.292. The van der Waals surface area contributed by atoms with Crippen LogP contribution < -0.4 is 0 Å². The van der Waals surface area contributed by atoms with E-state index in [1.807, 2.05) is 64.5 Å². The highest BCUT2D eigenvalue weighted by Gasteiger charge is 2.24. The third-order valence-corrected chi connectivity index (χ3v) is 5.50. The van der Waals surface area contributed by atoms with Crippen LogP contribution in [0.4, 0.5) is 0 Å². The van der Waals surface area contributed by atoms with Gasteiger partial charge in [0, 0.05) is 50.6 Å². The van der Waals surface area contributed by atoms with Crippen molar-refractivity contribution < 1.29 is 9.59 Å². The van der Waals surface area contributed by atoms with Crippen LogP contribution in [0.2, 0.25) is 0 Å². The van der Waals surface area contributed by atoms with E-state index >= 15 is 0 Å². The van der Waals surface area contributed by atoms with Crippen molar-refractivity contribution >= 4 is 11.8 Å². The van der Waals surface area contributed by atoms with Gasteiger partial charge < -0.3 is 9.80 Å². The molecule has 3 aromatic rings. The topological polar surface area (TPSA) is 58.4 Å². The zero-order chi connectivity index (χ0) is 20.8. The van der Waals surface area contributed by atoms with Gasteiger partial charge in [-0.2, -0.15) is 5.10 Å². The number of hydrogen-bond donors (Lipinski definition) is 0. The van der Waals surface area contributed by atoms with Crippen LogP contribution >= 0.6 is 0 Å². The summed E-state index contributed by atoms with van der Waals surface area (Å²) in [6, 6.07) is 19.6. The normalized spacial score (nSPS) is 14.0. The van der Waals surface area contributed by atoms with Crippen molar-refractivity contribution in [1.82, 2.24) is 19.6 Å². The number of carbonyl (C=O) groups excluding carboxylic acids is 2. The molecule has 1 aromatic heterocycles. The van der Waals surface area contributed by atoms with Crippen molar-refractivity contribution in [2.24, 2.45) is 0 Å². The predicted molar refractivity (Wildman–Crippen MR) is 115 cm³/mol. The van der Waals surface area contributed by atoms with Gasteiger partial charge in [-0.25, -0.2) is 4.68 Å². The highest BCUT2D eigenvalue weighted by Crippen LogP contribution is 2.14. The van der Waals surface area contributed by atoms with Crippen LogP contribution in [-0.4, -0.2) is 57.6 Å². The van der Waals surface area contributed by atoms with Gasteiger partial charge in [0.2, 0.25) is 5.91 Å². The summed E-state index contributed by atoms with van der Waals surface area (Å²) in [6.07, 6.45) is 5.91. The summed E-state index contributed by atoms with van der Waals surface area (Å²) >= 11 is 0. The number of benzene rings is 2. The van der Waals surface area contributed by atoms with E-state index in [0.717, 1.165) is 18.5 Å². The average Bonchev–Trinajstić information content (AvgIpc) is 3.34. The maximum Gasteiger partial charge on any atom is 0.253 e. The Morgan fingerprint density at radius 3 is 2.20 bits per heavy atom. The molecule has 2 amide bonds. The molecule has 0 radical (unpaired) electrons. The molecule has 1 aliphatic heterocycles. The molecule has 4 rings (SSSR count). The zero-order valence-corrected chi connectivity index (χ0v) is 17.0. The third kappa shape index (κ3) is 4.76. The van der Waals surface area contributed by atoms with Gasteiger partial charge in [0.1, 0.15) is 0 Å². The van der Waals surface area contributed by atoms with Crippen molar-refractivity contribution in [1.29, 1.82) is 0 Å². The van der Waals surface area contributed by atoms with Crippen molar-refractivity contribution in [3.63, 3.8) is 0 Å². The van der Waals surface area contributed by atoms with Gasteiger partial charge in [-0.15, -0.1) is 0 Å². The quantitative estimate of drug-likeness (QED) is 0.636. The molecule has 154 valence electrons. The number of piperazine rings is 1. The molecule has 0 saturated carbocycles. The second kappa shape index (κ2) is 9.39. The number of aromatic nitrogens is 2. The molecule has 2 heterocycles. The van der Waals surface area contributed by atoms with E-state index in [1.54, 1.807) is 10.9 Å². The number of hydrogen-bond acceptors (Lipinski definition) is 3. The maximum atomic E-state index is 12.8. The summed E-state index contributed by atoms with van der Waals surface area (Å²) in [4.78, 5) is 29.0. The summed E-state index contributed by atoms with van der Waals surface area (Å²) < 4.78 is 1.76. The second-order valence-electron chi connectivity index (χ2n) is 7.51. The molecule has 1 fully saturated rings. The smallest absolute Gasteiger partial charge is 0.253 e. The molecule has 1 aliphatic rings. The van der Waals surface area contributed by atoms with Crippen molar-refractivity contribution in [2.75, 3.05) is 26.2 Å². The Morgan fingerprint density at radius 1 is 0.833 bits per heavy atom. The molecule has 6 heteroatoms. The largest absolute Gasteiger partial charge is 0.339 e. The summed E-state index contributed by atoms with van der Waals surface area (Å²) in [5.41, 5.74) is 2.84. The summed E-state index contributed by atoms with van der Waals surface area (Å²) in [7, 11) is 0. The van der Waals surface area contributed by atoms with Crippen molar-refractivity contribution in [3.8, 4) is 5.69 Å². The third-order valence-electron chi connectivity index (χ3n) is 5.50. The first-order valence-corrected chi connectivity index (χ1v) is 10.4. The SMILES string of the molecule is O=C(CCCc1ccccc1)N1CCN(C(=O)c2ccc(-n3cccn3)cc2)CC1. The lowest BCUT2D eigenvalue weighted by molar-refractivity contribution is -0.132. The first kappa shape index (κ1) is 19.9. The van der Waals surface area contributed by atoms with Crippen LogP contribution in [0.25, 0.3) is 5.69 Å². The highest BCUT2D eigenvalue weighted by molar-refractivity contribution is 5.94. The Morgan fingerprint density at radius 2 is 1.53 bits per heavy atom. The minimum absolute atomic E-state index is 0.0122. The Hall–Kier alpha value is -3.41. The molecule has 2 aromatic carbocycles. The monoisotopic (exact) mass is 402 g/mol. The molecule has 0 bridgehead atoms. The fourth-order valence-electron chi connectivity index (χ4n) is 3.77. The van der Waals surface area contributed by atoms with Crippen LogP contribution in [0, 0.1) is 0 Å². The molecular formula is C24H26N4O2. The van der Waals surface area contributed by atoms with Gasteiger partial charge in [0.25, 0.3) is 5.91 Å². The van der Waals surface area contributed by atoms with Crippen LogP contribution in [0.3, 0.4) is 0 Å². The fourth-order valence-corrected chi connectivity index (χ4v) is 3.77. The lowest BCUT2D eigenvalue weighted by Gasteiger charge is -2.35. The van der Waals surface area contributed by atoms with Gasteiger partial charge in [-0.3, -0.25) is 9.59 Å². The lowest BCUT2D eigenvalue weighted by Crippen LogP contribution is -2.50. The van der Waals surface area contributed by atoms with E-state index in [9.17, 15) is 9.59 Å². The highest BCUT2D eigenvalue weighted by atomic mass is 16.2. The van der Waals surface area contributed by atoms with E-state index in [4.69, 9.17) is 0 Å². The van der Waals surface area contributed by atoms with Crippen LogP contribution in [0.1, 0.15) is 28.8 Å². The van der Waals surface area contributed by atoms with Crippen LogP contribution in [-0.2, 0) is 11.2 Å². The lowest BCUT2D eigenvalue weighted by atomic mass is 10.1. The van der Waals surface area contributed by atoms with Gasteiger partial charge in [0.05, 0.1) is 5.69 Å². The van der Waals surface area contributed by atoms with Gasteiger partial charge in [-0.1, -0.05) is 30.3 Å². The minimum Gasteiger partial charge on any atom is -0.339 e. The Bertz CT molecular complexity index is 960.